The van der Waals surface area contributed by atoms with Crippen LogP contribution in [0.15, 0.2) is 29.3 Å². The van der Waals surface area contributed by atoms with Gasteiger partial charge in [-0.05, 0) is 40.0 Å². The molecule has 0 aliphatic heterocycles. The van der Waals surface area contributed by atoms with Gasteiger partial charge in [-0.3, -0.25) is 10.1 Å². The molecule has 0 aromatic heterocycles. The summed E-state index contributed by atoms with van der Waals surface area (Å²) in [5.74, 6) is 0. The number of nitro groups is 1. The van der Waals surface area contributed by atoms with Crippen molar-refractivity contribution in [3.8, 4) is 0 Å². The smallest absolute Gasteiger partial charge is 0.284 e. The molecule has 1 aromatic carbocycles. The van der Waals surface area contributed by atoms with Crippen LogP contribution in [0.3, 0.4) is 0 Å². The lowest BCUT2D eigenvalue weighted by Crippen LogP contribution is -2.00. The van der Waals surface area contributed by atoms with Crippen LogP contribution < -0.4 is 5.73 Å². The topological polar surface area (TPSA) is 69.2 Å². The fraction of sp³-hybridized carbons (Fsp3) is 0.200. The van der Waals surface area contributed by atoms with Gasteiger partial charge < -0.3 is 5.73 Å². The molecule has 1 aromatic rings. The fourth-order valence-electron chi connectivity index (χ4n) is 1.24. The molecule has 2 N–H and O–H groups in total. The van der Waals surface area contributed by atoms with Gasteiger partial charge in [-0.2, -0.15) is 0 Å². The molecule has 80 valence electrons. The van der Waals surface area contributed by atoms with Gasteiger partial charge in [0.2, 0.25) is 0 Å². The summed E-state index contributed by atoms with van der Waals surface area (Å²) >= 11 is 3.21. The summed E-state index contributed by atoms with van der Waals surface area (Å²) in [7, 11) is 0. The van der Waals surface area contributed by atoms with Crippen molar-refractivity contribution < 1.29 is 4.92 Å². The average Bonchev–Trinajstić information content (AvgIpc) is 2.17. The molecule has 0 amide bonds. The van der Waals surface area contributed by atoms with Crippen molar-refractivity contribution in [3.05, 3.63) is 44.9 Å². The second-order valence-electron chi connectivity index (χ2n) is 3.04. The van der Waals surface area contributed by atoms with Gasteiger partial charge in [0, 0.05) is 6.07 Å². The van der Waals surface area contributed by atoms with Crippen molar-refractivity contribution in [1.82, 2.24) is 0 Å². The van der Waals surface area contributed by atoms with Crippen LogP contribution in [0.2, 0.25) is 0 Å². The van der Waals surface area contributed by atoms with Crippen LogP contribution in [-0.2, 0) is 0 Å². The molecule has 1 rings (SSSR count). The van der Waals surface area contributed by atoms with Gasteiger partial charge in [0.25, 0.3) is 5.69 Å². The zero-order chi connectivity index (χ0) is 11.4. The van der Waals surface area contributed by atoms with E-state index in [1.165, 1.54) is 6.07 Å². The molecule has 0 aliphatic rings. The molecule has 0 atom stereocenters. The van der Waals surface area contributed by atoms with Gasteiger partial charge in [0.1, 0.15) is 4.47 Å². The molecule has 0 aliphatic carbocycles. The minimum Gasteiger partial charge on any atom is -0.330 e. The lowest BCUT2D eigenvalue weighted by atomic mass is 10.0. The average molecular weight is 271 g/mol. The van der Waals surface area contributed by atoms with Crippen molar-refractivity contribution in [2.45, 2.75) is 6.42 Å². The first-order valence-electron chi connectivity index (χ1n) is 4.39. The van der Waals surface area contributed by atoms with Crippen molar-refractivity contribution >= 4 is 27.2 Å². The molecule has 0 unspecified atom stereocenters. The minimum atomic E-state index is -0.427. The molecule has 0 saturated carbocycles. The summed E-state index contributed by atoms with van der Waals surface area (Å²) in [5, 5.41) is 10.7. The molecular formula is C10H11BrN2O2. The monoisotopic (exact) mass is 270 g/mol. The summed E-state index contributed by atoms with van der Waals surface area (Å²) < 4.78 is 0.466. The number of rotatable bonds is 4. The minimum absolute atomic E-state index is 0.0469. The maximum Gasteiger partial charge on any atom is 0.284 e. The predicted molar refractivity (Wildman–Crippen MR) is 63.5 cm³/mol. The molecule has 0 bridgehead atoms. The second kappa shape index (κ2) is 5.04. The Bertz CT molecular complexity index is 404. The Labute approximate surface area is 96.1 Å². The van der Waals surface area contributed by atoms with E-state index in [0.717, 1.165) is 11.1 Å². The molecule has 0 radical (unpaired) electrons. The zero-order valence-corrected chi connectivity index (χ0v) is 9.66. The van der Waals surface area contributed by atoms with Crippen LogP contribution in [0.1, 0.15) is 12.0 Å². The van der Waals surface area contributed by atoms with Crippen LogP contribution in [0, 0.1) is 10.1 Å². The third-order valence-corrected chi connectivity index (χ3v) is 2.84. The molecule has 0 spiro atoms. The lowest BCUT2D eigenvalue weighted by molar-refractivity contribution is -0.385. The molecule has 5 heteroatoms. The molecule has 0 saturated heterocycles. The van der Waals surface area contributed by atoms with Gasteiger partial charge in [0.15, 0.2) is 0 Å². The maximum atomic E-state index is 10.7. The van der Waals surface area contributed by atoms with E-state index in [1.54, 1.807) is 12.1 Å². The highest BCUT2D eigenvalue weighted by Crippen LogP contribution is 2.32. The zero-order valence-electron chi connectivity index (χ0n) is 8.07. The van der Waals surface area contributed by atoms with Crippen molar-refractivity contribution in [3.63, 3.8) is 0 Å². The van der Waals surface area contributed by atoms with Gasteiger partial charge in [-0.15, -0.1) is 0 Å². The largest absolute Gasteiger partial charge is 0.330 e. The normalized spacial score (nSPS) is 10.0. The summed E-state index contributed by atoms with van der Waals surface area (Å²) in [6, 6.07) is 4.87. The Morgan fingerprint density at radius 1 is 1.60 bits per heavy atom. The van der Waals surface area contributed by atoms with E-state index in [-0.39, 0.29) is 5.69 Å². The third kappa shape index (κ3) is 2.64. The summed E-state index contributed by atoms with van der Waals surface area (Å²) in [6.45, 7) is 4.32. The summed E-state index contributed by atoms with van der Waals surface area (Å²) in [4.78, 5) is 10.2. The van der Waals surface area contributed by atoms with Gasteiger partial charge in [-0.1, -0.05) is 18.7 Å². The van der Waals surface area contributed by atoms with E-state index >= 15 is 0 Å². The van der Waals surface area contributed by atoms with E-state index in [0.29, 0.717) is 17.4 Å². The van der Waals surface area contributed by atoms with E-state index in [2.05, 4.69) is 22.5 Å². The number of nitrogens with zero attached hydrogens (tertiary/aromatic N) is 1. The van der Waals surface area contributed by atoms with Crippen LogP contribution in [0.5, 0.6) is 0 Å². The van der Waals surface area contributed by atoms with E-state index in [9.17, 15) is 10.1 Å². The van der Waals surface area contributed by atoms with E-state index < -0.39 is 4.92 Å². The maximum absolute atomic E-state index is 10.7. The van der Waals surface area contributed by atoms with Crippen molar-refractivity contribution in [2.75, 3.05) is 6.54 Å². The number of halogens is 1. The van der Waals surface area contributed by atoms with Gasteiger partial charge in [-0.25, -0.2) is 0 Å². The molecular weight excluding hydrogens is 260 g/mol. The van der Waals surface area contributed by atoms with Gasteiger partial charge >= 0.3 is 0 Å². The Hall–Kier alpha value is -1.20. The highest BCUT2D eigenvalue weighted by Gasteiger charge is 2.15. The Morgan fingerprint density at radius 2 is 2.27 bits per heavy atom. The third-order valence-electron chi connectivity index (χ3n) is 2.00. The number of hydrogen-bond donors (Lipinski definition) is 1. The highest BCUT2D eigenvalue weighted by atomic mass is 79.9. The highest BCUT2D eigenvalue weighted by molar-refractivity contribution is 9.10. The molecule has 15 heavy (non-hydrogen) atoms. The summed E-state index contributed by atoms with van der Waals surface area (Å²) in [5.41, 5.74) is 7.00. The predicted octanol–water partition coefficient (Wildman–Crippen LogP) is 2.72. The van der Waals surface area contributed by atoms with Crippen molar-refractivity contribution in [1.29, 1.82) is 0 Å². The van der Waals surface area contributed by atoms with Gasteiger partial charge in [0.05, 0.1) is 4.92 Å². The standard InChI is InChI=1S/C10H11BrN2O2/c1-7(5-6-12)8-3-2-4-9(10(8)11)13(14)15/h2-4H,1,5-6,12H2. The van der Waals surface area contributed by atoms with Crippen LogP contribution >= 0.6 is 15.9 Å². The van der Waals surface area contributed by atoms with Crippen molar-refractivity contribution in [2.24, 2.45) is 5.73 Å². The first-order chi connectivity index (χ1) is 7.07. The Morgan fingerprint density at radius 3 is 2.80 bits per heavy atom. The quantitative estimate of drug-likeness (QED) is 0.676. The number of nitro benzene ring substituents is 1. The second-order valence-corrected chi connectivity index (χ2v) is 3.83. The fourth-order valence-corrected chi connectivity index (χ4v) is 1.93. The van der Waals surface area contributed by atoms with Crippen LogP contribution in [-0.4, -0.2) is 11.5 Å². The Balaban J connectivity index is 3.15. The lowest BCUT2D eigenvalue weighted by Gasteiger charge is -2.06. The number of nitrogens with two attached hydrogens (primary N) is 1. The first kappa shape index (κ1) is 11.9. The van der Waals surface area contributed by atoms with Crippen LogP contribution in [0.4, 0.5) is 5.69 Å². The van der Waals surface area contributed by atoms with E-state index in [4.69, 9.17) is 5.73 Å². The van der Waals surface area contributed by atoms with Crippen LogP contribution in [0.25, 0.3) is 5.57 Å². The number of benzene rings is 1. The van der Waals surface area contributed by atoms with E-state index in [1.807, 2.05) is 0 Å². The molecule has 4 nitrogen and oxygen atoms in total. The first-order valence-corrected chi connectivity index (χ1v) is 5.18. The summed E-state index contributed by atoms with van der Waals surface area (Å²) in [6.07, 6.45) is 0.625. The molecule has 0 heterocycles. The SMILES string of the molecule is C=C(CCN)c1cccc([N+](=O)[O-])c1Br. The Kier molecular flexibility index (Phi) is 3.99. The molecule has 0 fully saturated rings. The number of hydrogen-bond acceptors (Lipinski definition) is 3.